The molecule has 0 aliphatic rings. The molecule has 0 bridgehead atoms. The number of aliphatic carboxylic acids is 1. The third-order valence-corrected chi connectivity index (χ3v) is 3.04. The van der Waals surface area contributed by atoms with Crippen molar-refractivity contribution in [3.05, 3.63) is 46.3 Å². The SMILES string of the molecule is COc1cc(OC)cc(-n2cc([N+](=O)[O-])cc2CC(=O)O)c1. The van der Waals surface area contributed by atoms with Gasteiger partial charge in [0.05, 0.1) is 37.4 Å². The Morgan fingerprint density at radius 2 is 1.82 bits per heavy atom. The van der Waals surface area contributed by atoms with E-state index in [9.17, 15) is 14.9 Å². The van der Waals surface area contributed by atoms with Crippen molar-refractivity contribution in [3.63, 3.8) is 0 Å². The van der Waals surface area contributed by atoms with Gasteiger partial charge in [-0.25, -0.2) is 0 Å². The highest BCUT2D eigenvalue weighted by atomic mass is 16.6. The van der Waals surface area contributed by atoms with Crippen molar-refractivity contribution in [3.8, 4) is 17.2 Å². The molecule has 0 atom stereocenters. The number of nitro groups is 1. The Hall–Kier alpha value is -3.03. The van der Waals surface area contributed by atoms with Crippen LogP contribution in [0.15, 0.2) is 30.5 Å². The Morgan fingerprint density at radius 1 is 1.23 bits per heavy atom. The van der Waals surface area contributed by atoms with Gasteiger partial charge in [-0.1, -0.05) is 0 Å². The summed E-state index contributed by atoms with van der Waals surface area (Å²) >= 11 is 0. The summed E-state index contributed by atoms with van der Waals surface area (Å²) in [6, 6.07) is 6.16. The molecule has 2 aromatic rings. The molecule has 1 heterocycles. The summed E-state index contributed by atoms with van der Waals surface area (Å²) in [6.07, 6.45) is 0.930. The summed E-state index contributed by atoms with van der Waals surface area (Å²) in [4.78, 5) is 21.3. The van der Waals surface area contributed by atoms with Crippen molar-refractivity contribution in [1.29, 1.82) is 0 Å². The molecule has 1 aromatic carbocycles. The first-order valence-electron chi connectivity index (χ1n) is 6.25. The fourth-order valence-electron chi connectivity index (χ4n) is 2.06. The van der Waals surface area contributed by atoms with E-state index in [1.54, 1.807) is 18.2 Å². The molecule has 0 aliphatic carbocycles. The molecule has 1 N–H and O–H groups in total. The first-order valence-corrected chi connectivity index (χ1v) is 6.25. The minimum Gasteiger partial charge on any atom is -0.497 e. The lowest BCUT2D eigenvalue weighted by molar-refractivity contribution is -0.384. The van der Waals surface area contributed by atoms with Crippen LogP contribution in [0, 0.1) is 10.1 Å². The Kier molecular flexibility index (Phi) is 4.31. The average Bonchev–Trinajstić information content (AvgIpc) is 2.90. The number of ether oxygens (including phenoxy) is 2. The molecule has 22 heavy (non-hydrogen) atoms. The zero-order chi connectivity index (χ0) is 16.3. The standard InChI is InChI=1S/C14H14N2O6/c1-21-12-4-10(5-13(7-12)22-2)15-8-11(16(19)20)3-9(15)6-14(17)18/h3-5,7-8H,6H2,1-2H3,(H,17,18). The van der Waals surface area contributed by atoms with Crippen molar-refractivity contribution in [2.24, 2.45) is 0 Å². The molecule has 1 aromatic heterocycles. The quantitative estimate of drug-likeness (QED) is 0.647. The molecule has 8 heteroatoms. The molecule has 0 unspecified atom stereocenters. The fraction of sp³-hybridized carbons (Fsp3) is 0.214. The van der Waals surface area contributed by atoms with E-state index in [-0.39, 0.29) is 17.8 Å². The molecule has 0 radical (unpaired) electrons. The summed E-state index contributed by atoms with van der Waals surface area (Å²) in [6.45, 7) is 0. The van der Waals surface area contributed by atoms with E-state index >= 15 is 0 Å². The first kappa shape index (κ1) is 15.4. The highest BCUT2D eigenvalue weighted by molar-refractivity contribution is 5.70. The summed E-state index contributed by atoms with van der Waals surface area (Å²) < 4.78 is 11.7. The van der Waals surface area contributed by atoms with Crippen molar-refractivity contribution < 1.29 is 24.3 Å². The normalized spacial score (nSPS) is 10.3. The van der Waals surface area contributed by atoms with Crippen LogP contribution in [0.25, 0.3) is 5.69 Å². The molecule has 0 spiro atoms. The lowest BCUT2D eigenvalue weighted by atomic mass is 10.2. The highest BCUT2D eigenvalue weighted by Gasteiger charge is 2.18. The minimum absolute atomic E-state index is 0.182. The van der Waals surface area contributed by atoms with Gasteiger partial charge in [-0.15, -0.1) is 0 Å². The number of nitrogens with zero attached hydrogens (tertiary/aromatic N) is 2. The number of carboxylic acid groups (broad SMARTS) is 1. The maximum atomic E-state index is 10.9. The van der Waals surface area contributed by atoms with Gasteiger partial charge in [-0.2, -0.15) is 0 Å². The van der Waals surface area contributed by atoms with Gasteiger partial charge in [-0.05, 0) is 0 Å². The molecule has 0 fully saturated rings. The number of carboxylic acids is 1. The number of carbonyl (C=O) groups is 1. The summed E-state index contributed by atoms with van der Waals surface area (Å²) in [5, 5.41) is 19.9. The third kappa shape index (κ3) is 3.17. The Morgan fingerprint density at radius 3 is 2.27 bits per heavy atom. The predicted octanol–water partition coefficient (Wildman–Crippen LogP) is 2.03. The van der Waals surface area contributed by atoms with Gasteiger partial charge in [0.2, 0.25) is 0 Å². The van der Waals surface area contributed by atoms with Crippen molar-refractivity contribution in [2.45, 2.75) is 6.42 Å². The van der Waals surface area contributed by atoms with Crippen LogP contribution in [0.1, 0.15) is 5.69 Å². The summed E-state index contributed by atoms with van der Waals surface area (Å²) in [5.41, 5.74) is 0.619. The second-order valence-electron chi connectivity index (χ2n) is 4.46. The summed E-state index contributed by atoms with van der Waals surface area (Å²) in [7, 11) is 2.96. The number of aromatic nitrogens is 1. The van der Waals surface area contributed by atoms with E-state index in [2.05, 4.69) is 0 Å². The molecule has 0 amide bonds. The molecule has 0 saturated carbocycles. The van der Waals surface area contributed by atoms with Crippen LogP contribution in [-0.4, -0.2) is 34.8 Å². The Bertz CT molecular complexity index is 700. The molecular weight excluding hydrogens is 292 g/mol. The second-order valence-corrected chi connectivity index (χ2v) is 4.46. The van der Waals surface area contributed by atoms with Gasteiger partial charge >= 0.3 is 5.97 Å². The molecule has 0 saturated heterocycles. The molecule has 8 nitrogen and oxygen atoms in total. The van der Waals surface area contributed by atoms with Crippen molar-refractivity contribution >= 4 is 11.7 Å². The van der Waals surface area contributed by atoms with E-state index in [1.807, 2.05) is 0 Å². The Balaban J connectivity index is 2.59. The highest BCUT2D eigenvalue weighted by Crippen LogP contribution is 2.28. The molecule has 116 valence electrons. The van der Waals surface area contributed by atoms with E-state index in [0.717, 1.165) is 0 Å². The van der Waals surface area contributed by atoms with Gasteiger partial charge < -0.3 is 19.1 Å². The maximum absolute atomic E-state index is 10.9. The Labute approximate surface area is 125 Å². The third-order valence-electron chi connectivity index (χ3n) is 3.04. The second kappa shape index (κ2) is 6.17. The largest absolute Gasteiger partial charge is 0.497 e. The van der Waals surface area contributed by atoms with E-state index in [4.69, 9.17) is 14.6 Å². The monoisotopic (exact) mass is 306 g/mol. The maximum Gasteiger partial charge on any atom is 0.309 e. The lowest BCUT2D eigenvalue weighted by Crippen LogP contribution is -2.06. The number of rotatable bonds is 6. The van der Waals surface area contributed by atoms with Crippen LogP contribution < -0.4 is 9.47 Å². The van der Waals surface area contributed by atoms with Gasteiger partial charge in [0.15, 0.2) is 0 Å². The van der Waals surface area contributed by atoms with Crippen LogP contribution in [0.4, 0.5) is 5.69 Å². The number of benzene rings is 1. The van der Waals surface area contributed by atoms with Crippen LogP contribution in [0.3, 0.4) is 0 Å². The minimum atomic E-state index is -1.08. The number of hydrogen-bond acceptors (Lipinski definition) is 5. The van der Waals surface area contributed by atoms with Gasteiger partial charge in [0.1, 0.15) is 11.5 Å². The number of methoxy groups -OCH3 is 2. The smallest absolute Gasteiger partial charge is 0.309 e. The predicted molar refractivity (Wildman–Crippen MR) is 76.9 cm³/mol. The van der Waals surface area contributed by atoms with Crippen molar-refractivity contribution in [2.75, 3.05) is 14.2 Å². The fourth-order valence-corrected chi connectivity index (χ4v) is 2.06. The zero-order valence-electron chi connectivity index (χ0n) is 12.0. The molecular formula is C14H14N2O6. The van der Waals surface area contributed by atoms with Crippen molar-refractivity contribution in [1.82, 2.24) is 4.57 Å². The van der Waals surface area contributed by atoms with Crippen LogP contribution in [0.2, 0.25) is 0 Å². The van der Waals surface area contributed by atoms with Gasteiger partial charge in [0, 0.05) is 30.0 Å². The molecule has 0 aliphatic heterocycles. The van der Waals surface area contributed by atoms with Gasteiger partial charge in [0.25, 0.3) is 5.69 Å². The zero-order valence-corrected chi connectivity index (χ0v) is 12.0. The average molecular weight is 306 g/mol. The topological polar surface area (TPSA) is 104 Å². The summed E-state index contributed by atoms with van der Waals surface area (Å²) in [5.74, 6) is -0.0944. The van der Waals surface area contributed by atoms with Crippen LogP contribution in [0.5, 0.6) is 11.5 Å². The van der Waals surface area contributed by atoms with Crippen LogP contribution >= 0.6 is 0 Å². The lowest BCUT2D eigenvalue weighted by Gasteiger charge is -2.11. The number of hydrogen-bond donors (Lipinski definition) is 1. The van der Waals surface area contributed by atoms with E-state index < -0.39 is 10.9 Å². The van der Waals surface area contributed by atoms with Gasteiger partial charge in [-0.3, -0.25) is 14.9 Å². The first-order chi connectivity index (χ1) is 10.4. The van der Waals surface area contributed by atoms with Crippen LogP contribution in [-0.2, 0) is 11.2 Å². The van der Waals surface area contributed by atoms with E-state index in [0.29, 0.717) is 17.2 Å². The van der Waals surface area contributed by atoms with E-state index in [1.165, 1.54) is 31.0 Å². The molecule has 2 rings (SSSR count).